The summed E-state index contributed by atoms with van der Waals surface area (Å²) in [6, 6.07) is 4.84. The van der Waals surface area contributed by atoms with Crippen LogP contribution in [0.5, 0.6) is 0 Å². The fourth-order valence-electron chi connectivity index (χ4n) is 2.24. The van der Waals surface area contributed by atoms with Gasteiger partial charge in [0.1, 0.15) is 5.76 Å². The Balaban J connectivity index is 2.74. The van der Waals surface area contributed by atoms with Crippen LogP contribution in [0, 0.1) is 0 Å². The number of anilines is 1. The molecule has 1 aliphatic rings. The van der Waals surface area contributed by atoms with E-state index in [1.807, 2.05) is 0 Å². The molecule has 0 spiro atoms. The van der Waals surface area contributed by atoms with E-state index in [0.717, 1.165) is 4.90 Å². The van der Waals surface area contributed by atoms with Gasteiger partial charge >= 0.3 is 0 Å². The third kappa shape index (κ3) is 2.01. The highest BCUT2D eigenvalue weighted by atomic mass is 16.5. The molecule has 2 amide bonds. The van der Waals surface area contributed by atoms with Crippen molar-refractivity contribution in [2.75, 3.05) is 12.0 Å². The highest BCUT2D eigenvalue weighted by molar-refractivity contribution is 6.40. The lowest BCUT2D eigenvalue weighted by Gasteiger charge is -2.12. The van der Waals surface area contributed by atoms with Gasteiger partial charge in [0.05, 0.1) is 18.4 Å². The maximum atomic E-state index is 12.4. The van der Waals surface area contributed by atoms with Gasteiger partial charge in [-0.25, -0.2) is 4.90 Å². The second-order valence-electron chi connectivity index (χ2n) is 4.58. The first-order chi connectivity index (χ1) is 9.38. The van der Waals surface area contributed by atoms with Crippen molar-refractivity contribution < 1.29 is 19.1 Å². The Bertz CT molecular complexity index is 658. The summed E-state index contributed by atoms with van der Waals surface area (Å²) in [4.78, 5) is 36.6. The number of allylic oxidation sites excluding steroid dienone is 1. The molecule has 0 radical (unpaired) electrons. The van der Waals surface area contributed by atoms with Crippen LogP contribution in [0.25, 0.3) is 5.57 Å². The van der Waals surface area contributed by atoms with Crippen LogP contribution in [0.3, 0.4) is 0 Å². The van der Waals surface area contributed by atoms with E-state index in [1.54, 1.807) is 25.1 Å². The molecule has 0 fully saturated rings. The maximum Gasteiger partial charge on any atom is 0.269 e. The summed E-state index contributed by atoms with van der Waals surface area (Å²) in [6.45, 7) is 4.43. The summed E-state index contributed by atoms with van der Waals surface area (Å²) >= 11 is 0. The molecule has 0 bridgehead atoms. The summed E-state index contributed by atoms with van der Waals surface area (Å²) in [5, 5.41) is 0. The molecule has 0 saturated carbocycles. The molecule has 1 aromatic rings. The number of ether oxygens (including phenoxy) is 1. The predicted octanol–water partition coefficient (Wildman–Crippen LogP) is 2.16. The number of carbonyl (C=O) groups is 3. The number of imide groups is 1. The van der Waals surface area contributed by atoms with Gasteiger partial charge in [0.15, 0.2) is 5.78 Å². The molecule has 2 rings (SSSR count). The second-order valence-corrected chi connectivity index (χ2v) is 4.58. The first-order valence-electron chi connectivity index (χ1n) is 6.13. The van der Waals surface area contributed by atoms with Crippen LogP contribution in [-0.2, 0) is 14.3 Å². The van der Waals surface area contributed by atoms with Crippen molar-refractivity contribution in [3.05, 3.63) is 35.1 Å². The molecule has 0 unspecified atom stereocenters. The quantitative estimate of drug-likeness (QED) is 0.470. The lowest BCUT2D eigenvalue weighted by atomic mass is 10.0. The van der Waals surface area contributed by atoms with Crippen molar-refractivity contribution in [2.24, 2.45) is 0 Å². The molecule has 1 aromatic carbocycles. The minimum Gasteiger partial charge on any atom is -0.501 e. The van der Waals surface area contributed by atoms with E-state index < -0.39 is 5.91 Å². The topological polar surface area (TPSA) is 63.7 Å². The van der Waals surface area contributed by atoms with Gasteiger partial charge in [-0.1, -0.05) is 0 Å². The Hall–Kier alpha value is -2.43. The van der Waals surface area contributed by atoms with E-state index in [4.69, 9.17) is 4.74 Å². The Kier molecular flexibility index (Phi) is 3.44. The number of hydrogen-bond acceptors (Lipinski definition) is 4. The number of carbonyl (C=O) groups excluding carboxylic acids is 3. The summed E-state index contributed by atoms with van der Waals surface area (Å²) < 4.78 is 5.13. The predicted molar refractivity (Wildman–Crippen MR) is 74.2 cm³/mol. The van der Waals surface area contributed by atoms with Gasteiger partial charge in [0, 0.05) is 18.1 Å². The Morgan fingerprint density at radius 3 is 2.30 bits per heavy atom. The van der Waals surface area contributed by atoms with E-state index in [2.05, 4.69) is 0 Å². The average molecular weight is 273 g/mol. The zero-order valence-corrected chi connectivity index (χ0v) is 11.8. The lowest BCUT2D eigenvalue weighted by Crippen LogP contribution is -2.31. The minimum atomic E-state index is -0.424. The molecule has 0 atom stereocenters. The van der Waals surface area contributed by atoms with Crippen molar-refractivity contribution in [3.63, 3.8) is 0 Å². The Labute approximate surface area is 116 Å². The number of methoxy groups -OCH3 is 1. The molecule has 0 aliphatic carbocycles. The lowest BCUT2D eigenvalue weighted by molar-refractivity contribution is -0.122. The van der Waals surface area contributed by atoms with Crippen LogP contribution in [0.2, 0.25) is 0 Å². The maximum absolute atomic E-state index is 12.4. The molecular weight excluding hydrogens is 258 g/mol. The van der Waals surface area contributed by atoms with E-state index >= 15 is 0 Å². The zero-order valence-electron chi connectivity index (χ0n) is 11.8. The minimum absolute atomic E-state index is 0.101. The normalized spacial score (nSPS) is 16.0. The van der Waals surface area contributed by atoms with E-state index in [0.29, 0.717) is 28.1 Å². The summed E-state index contributed by atoms with van der Waals surface area (Å²) in [5.41, 5.74) is 1.85. The molecule has 0 saturated heterocycles. The summed E-state index contributed by atoms with van der Waals surface area (Å²) in [5.74, 6) is -0.477. The van der Waals surface area contributed by atoms with Gasteiger partial charge in [-0.05, 0) is 32.0 Å². The van der Waals surface area contributed by atoms with Gasteiger partial charge in [-0.2, -0.15) is 0 Å². The molecule has 1 aliphatic heterocycles. The average Bonchev–Trinajstić information content (AvgIpc) is 2.68. The number of rotatable bonds is 2. The van der Waals surface area contributed by atoms with E-state index in [9.17, 15) is 14.4 Å². The number of benzene rings is 1. The summed E-state index contributed by atoms with van der Waals surface area (Å²) in [6.07, 6.45) is 0. The van der Waals surface area contributed by atoms with Crippen molar-refractivity contribution in [3.8, 4) is 0 Å². The molecule has 1 heterocycles. The van der Waals surface area contributed by atoms with Crippen molar-refractivity contribution in [1.82, 2.24) is 0 Å². The number of nitrogens with zero attached hydrogens (tertiary/aromatic N) is 1. The zero-order chi connectivity index (χ0) is 15.0. The molecule has 5 heteroatoms. The van der Waals surface area contributed by atoms with Gasteiger partial charge in [-0.3, -0.25) is 14.4 Å². The van der Waals surface area contributed by atoms with Gasteiger partial charge in [-0.15, -0.1) is 0 Å². The molecule has 0 aromatic heterocycles. The summed E-state index contributed by atoms with van der Waals surface area (Å²) in [7, 11) is 1.46. The molecule has 5 nitrogen and oxygen atoms in total. The molecular formula is C15H15NO4. The SMILES string of the molecule is COC(C)=C1C(=O)N(C(C)=O)c2ccc(C(C)=O)cc21. The Morgan fingerprint density at radius 2 is 1.80 bits per heavy atom. The third-order valence-corrected chi connectivity index (χ3v) is 3.30. The number of ketones is 1. The first-order valence-corrected chi connectivity index (χ1v) is 6.13. The van der Waals surface area contributed by atoms with Crippen LogP contribution < -0.4 is 4.90 Å². The van der Waals surface area contributed by atoms with E-state index in [1.165, 1.54) is 21.0 Å². The van der Waals surface area contributed by atoms with E-state index in [-0.39, 0.29) is 11.7 Å². The monoisotopic (exact) mass is 273 g/mol. The Morgan fingerprint density at radius 1 is 1.15 bits per heavy atom. The van der Waals surface area contributed by atoms with Crippen LogP contribution in [-0.4, -0.2) is 24.7 Å². The van der Waals surface area contributed by atoms with Crippen molar-refractivity contribution in [2.45, 2.75) is 20.8 Å². The highest BCUT2D eigenvalue weighted by Gasteiger charge is 2.37. The van der Waals surface area contributed by atoms with Gasteiger partial charge in [0.2, 0.25) is 5.91 Å². The number of Topliss-reactive ketones (excluding diaryl/α,β-unsaturated/α-hetero) is 1. The standard InChI is InChI=1S/C15H15NO4/c1-8(17)11-5-6-13-12(7-11)14(9(2)20-4)15(19)16(13)10(3)18/h5-7H,1-4H3. The van der Waals surface area contributed by atoms with Gasteiger partial charge < -0.3 is 4.74 Å². The fourth-order valence-corrected chi connectivity index (χ4v) is 2.24. The first kappa shape index (κ1) is 14.0. The van der Waals surface area contributed by atoms with Crippen LogP contribution in [0.1, 0.15) is 36.7 Å². The van der Waals surface area contributed by atoms with Gasteiger partial charge in [0.25, 0.3) is 5.91 Å². The molecule has 20 heavy (non-hydrogen) atoms. The molecule has 0 N–H and O–H groups in total. The number of amides is 2. The molecule has 104 valence electrons. The fraction of sp³-hybridized carbons (Fsp3) is 0.267. The van der Waals surface area contributed by atoms with Crippen LogP contribution in [0.15, 0.2) is 24.0 Å². The largest absolute Gasteiger partial charge is 0.501 e. The number of fused-ring (bicyclic) bond motifs is 1. The van der Waals surface area contributed by atoms with Crippen molar-refractivity contribution in [1.29, 1.82) is 0 Å². The van der Waals surface area contributed by atoms with Crippen LogP contribution in [0.4, 0.5) is 5.69 Å². The number of hydrogen-bond donors (Lipinski definition) is 0. The second kappa shape index (κ2) is 4.92. The smallest absolute Gasteiger partial charge is 0.269 e. The van der Waals surface area contributed by atoms with Crippen LogP contribution >= 0.6 is 0 Å². The highest BCUT2D eigenvalue weighted by Crippen LogP contribution is 2.39. The van der Waals surface area contributed by atoms with Crippen molar-refractivity contribution >= 4 is 28.9 Å². The third-order valence-electron chi connectivity index (χ3n) is 3.30.